The number of hydrogen-bond acceptors (Lipinski definition) is 8. The average Bonchev–Trinajstić information content (AvgIpc) is 3.19. The molecule has 0 aliphatic heterocycles. The molecular weight excluding hydrogens is 508 g/mol. The number of benzene rings is 3. The minimum absolute atomic E-state index is 0.0114. The van der Waals surface area contributed by atoms with Crippen LogP contribution in [0.2, 0.25) is 5.02 Å². The van der Waals surface area contributed by atoms with Crippen molar-refractivity contribution in [2.75, 3.05) is 25.3 Å². The number of thiophene rings is 1. The van der Waals surface area contributed by atoms with Gasteiger partial charge in [0.2, 0.25) is 15.6 Å². The number of sulfone groups is 1. The smallest absolute Gasteiger partial charge is 0.211 e. The standard InChI is InChI=1S/C25H21ClN2O5S2/c1-32-18-9-11-20(12-10-18)35(30,31)24-21(27)23(22(29)15-5-3-8-19(13-15)33-2)34-25(24)28-17-7-4-6-16(26)14-17/h3-14,28H,27H2,1-2H3. The Bertz CT molecular complexity index is 1500. The zero-order chi connectivity index (χ0) is 25.2. The van der Waals surface area contributed by atoms with E-state index in [0.717, 1.165) is 11.3 Å². The maximum absolute atomic E-state index is 13.7. The summed E-state index contributed by atoms with van der Waals surface area (Å²) in [5, 5.41) is 3.74. The van der Waals surface area contributed by atoms with Gasteiger partial charge < -0.3 is 20.5 Å². The predicted molar refractivity (Wildman–Crippen MR) is 138 cm³/mol. The number of nitrogens with two attached hydrogens (primary N) is 1. The highest BCUT2D eigenvalue weighted by Gasteiger charge is 2.32. The van der Waals surface area contributed by atoms with Crippen LogP contribution in [0.5, 0.6) is 11.5 Å². The average molecular weight is 529 g/mol. The van der Waals surface area contributed by atoms with Gasteiger partial charge in [-0.2, -0.15) is 0 Å². The summed E-state index contributed by atoms with van der Waals surface area (Å²) >= 11 is 7.06. The first-order valence-electron chi connectivity index (χ1n) is 10.3. The maximum atomic E-state index is 13.7. The lowest BCUT2D eigenvalue weighted by atomic mass is 10.1. The van der Waals surface area contributed by atoms with Crippen molar-refractivity contribution in [3.8, 4) is 11.5 Å². The highest BCUT2D eigenvalue weighted by Crippen LogP contribution is 2.44. The number of ether oxygens (including phenoxy) is 2. The molecule has 1 heterocycles. The molecule has 4 rings (SSSR count). The van der Waals surface area contributed by atoms with Gasteiger partial charge in [-0.05, 0) is 54.6 Å². The molecule has 0 bridgehead atoms. The number of rotatable bonds is 8. The van der Waals surface area contributed by atoms with Crippen LogP contribution in [-0.4, -0.2) is 28.4 Å². The van der Waals surface area contributed by atoms with Gasteiger partial charge in [0.25, 0.3) is 0 Å². The van der Waals surface area contributed by atoms with Crippen molar-refractivity contribution in [3.63, 3.8) is 0 Å². The van der Waals surface area contributed by atoms with Crippen molar-refractivity contribution >= 4 is 54.9 Å². The lowest BCUT2D eigenvalue weighted by Gasteiger charge is -2.10. The van der Waals surface area contributed by atoms with E-state index in [1.54, 1.807) is 60.7 Å². The van der Waals surface area contributed by atoms with Gasteiger partial charge >= 0.3 is 0 Å². The molecule has 0 aliphatic carbocycles. The number of halogens is 1. The van der Waals surface area contributed by atoms with E-state index in [-0.39, 0.29) is 25.4 Å². The van der Waals surface area contributed by atoms with Gasteiger partial charge in [-0.25, -0.2) is 8.42 Å². The SMILES string of the molecule is COc1ccc(S(=O)(=O)c2c(Nc3cccc(Cl)c3)sc(C(=O)c3cccc(OC)c3)c2N)cc1. The number of nitrogens with one attached hydrogen (secondary N) is 1. The molecule has 7 nitrogen and oxygen atoms in total. The van der Waals surface area contributed by atoms with E-state index in [1.807, 2.05) is 0 Å². The van der Waals surface area contributed by atoms with E-state index in [9.17, 15) is 13.2 Å². The van der Waals surface area contributed by atoms with Crippen molar-refractivity contribution in [1.29, 1.82) is 0 Å². The van der Waals surface area contributed by atoms with Crippen LogP contribution in [0.4, 0.5) is 16.4 Å². The Morgan fingerprint density at radius 3 is 2.29 bits per heavy atom. The van der Waals surface area contributed by atoms with Crippen molar-refractivity contribution in [2.24, 2.45) is 0 Å². The van der Waals surface area contributed by atoms with E-state index in [4.69, 9.17) is 26.8 Å². The third-order valence-corrected chi connectivity index (χ3v) is 8.50. The number of ketones is 1. The Morgan fingerprint density at radius 1 is 0.943 bits per heavy atom. The highest BCUT2D eigenvalue weighted by atomic mass is 35.5. The van der Waals surface area contributed by atoms with Crippen LogP contribution in [0.25, 0.3) is 0 Å². The largest absolute Gasteiger partial charge is 0.497 e. The summed E-state index contributed by atoms with van der Waals surface area (Å²) in [5.41, 5.74) is 7.09. The Morgan fingerprint density at radius 2 is 1.63 bits per heavy atom. The summed E-state index contributed by atoms with van der Waals surface area (Å²) in [6.07, 6.45) is 0. The first-order chi connectivity index (χ1) is 16.7. The second-order valence-corrected chi connectivity index (χ2v) is 10.7. The van der Waals surface area contributed by atoms with E-state index < -0.39 is 15.6 Å². The monoisotopic (exact) mass is 528 g/mol. The van der Waals surface area contributed by atoms with Gasteiger partial charge in [0.1, 0.15) is 26.3 Å². The number of anilines is 3. The Kier molecular flexibility index (Phi) is 7.02. The van der Waals surface area contributed by atoms with Crippen LogP contribution in [0.15, 0.2) is 82.6 Å². The molecule has 0 radical (unpaired) electrons. The first kappa shape index (κ1) is 24.6. The quantitative estimate of drug-likeness (QED) is 0.278. The summed E-state index contributed by atoms with van der Waals surface area (Å²) in [6.45, 7) is 0. The van der Waals surface area contributed by atoms with Gasteiger partial charge in [0.15, 0.2) is 0 Å². The highest BCUT2D eigenvalue weighted by molar-refractivity contribution is 7.92. The molecule has 0 unspecified atom stereocenters. The number of nitrogen functional groups attached to an aromatic ring is 1. The van der Waals surface area contributed by atoms with E-state index in [1.165, 1.54) is 26.4 Å². The molecule has 0 atom stereocenters. The Labute approximate surface area is 212 Å². The Hall–Kier alpha value is -3.53. The van der Waals surface area contributed by atoms with Gasteiger partial charge in [-0.1, -0.05) is 29.8 Å². The summed E-state index contributed by atoms with van der Waals surface area (Å²) in [6, 6.07) is 19.3. The first-order valence-corrected chi connectivity index (χ1v) is 12.9. The van der Waals surface area contributed by atoms with Gasteiger partial charge in [-0.3, -0.25) is 4.79 Å². The minimum atomic E-state index is -4.11. The molecule has 1 aromatic heterocycles. The normalized spacial score (nSPS) is 11.2. The summed E-state index contributed by atoms with van der Waals surface area (Å²) < 4.78 is 37.7. The van der Waals surface area contributed by atoms with Crippen molar-refractivity contribution in [2.45, 2.75) is 9.79 Å². The second-order valence-electron chi connectivity index (χ2n) is 7.38. The van der Waals surface area contributed by atoms with Gasteiger partial charge in [0.05, 0.1) is 24.8 Å². The Balaban J connectivity index is 1.87. The van der Waals surface area contributed by atoms with Crippen LogP contribution in [-0.2, 0) is 9.84 Å². The van der Waals surface area contributed by atoms with Crippen LogP contribution < -0.4 is 20.5 Å². The number of carbonyl (C=O) groups is 1. The third kappa shape index (κ3) is 4.97. The maximum Gasteiger partial charge on any atom is 0.211 e. The molecule has 10 heteroatoms. The molecule has 0 aliphatic rings. The van der Waals surface area contributed by atoms with E-state index in [2.05, 4.69) is 5.32 Å². The van der Waals surface area contributed by atoms with Gasteiger partial charge in [0, 0.05) is 16.3 Å². The fraction of sp³-hybridized carbons (Fsp3) is 0.0800. The molecular formula is C25H21ClN2O5S2. The number of hydrogen-bond donors (Lipinski definition) is 2. The second kappa shape index (κ2) is 9.99. The predicted octanol–water partition coefficient (Wildman–Crippen LogP) is 5.81. The molecule has 35 heavy (non-hydrogen) atoms. The van der Waals surface area contributed by atoms with Crippen molar-refractivity contribution in [1.82, 2.24) is 0 Å². The molecule has 0 fully saturated rings. The fourth-order valence-corrected chi connectivity index (χ4v) is 6.54. The summed E-state index contributed by atoms with van der Waals surface area (Å²) in [4.78, 5) is 13.3. The van der Waals surface area contributed by atoms with Crippen LogP contribution in [0.1, 0.15) is 15.2 Å². The molecule has 3 aromatic carbocycles. The lowest BCUT2D eigenvalue weighted by Crippen LogP contribution is -2.08. The van der Waals surface area contributed by atoms with Crippen LogP contribution in [0.3, 0.4) is 0 Å². The molecule has 4 aromatic rings. The van der Waals surface area contributed by atoms with E-state index in [0.29, 0.717) is 27.8 Å². The molecule has 3 N–H and O–H groups in total. The summed E-state index contributed by atoms with van der Waals surface area (Å²) in [7, 11) is -1.12. The molecule has 0 spiro atoms. The van der Waals surface area contributed by atoms with Crippen LogP contribution in [0, 0.1) is 0 Å². The zero-order valence-electron chi connectivity index (χ0n) is 18.7. The van der Waals surface area contributed by atoms with Crippen molar-refractivity contribution < 1.29 is 22.7 Å². The number of methoxy groups -OCH3 is 2. The fourth-order valence-electron chi connectivity index (χ4n) is 3.41. The molecule has 0 saturated carbocycles. The van der Waals surface area contributed by atoms with Crippen molar-refractivity contribution in [3.05, 3.63) is 88.3 Å². The van der Waals surface area contributed by atoms with Crippen LogP contribution >= 0.6 is 22.9 Å². The summed E-state index contributed by atoms with van der Waals surface area (Å²) in [5.74, 6) is 0.583. The number of carbonyl (C=O) groups excluding carboxylic acids is 1. The molecule has 180 valence electrons. The molecule has 0 amide bonds. The minimum Gasteiger partial charge on any atom is -0.497 e. The topological polar surface area (TPSA) is 108 Å². The lowest BCUT2D eigenvalue weighted by molar-refractivity contribution is 0.104. The van der Waals surface area contributed by atoms with E-state index >= 15 is 0 Å². The molecule has 0 saturated heterocycles. The zero-order valence-corrected chi connectivity index (χ0v) is 21.1. The third-order valence-electron chi connectivity index (χ3n) is 5.16. The van der Waals surface area contributed by atoms with Gasteiger partial charge in [-0.15, -0.1) is 11.3 Å².